The maximum Gasteiger partial charge on any atom is 1.00 e. The van der Waals surface area contributed by atoms with Crippen molar-refractivity contribution >= 4 is 50.3 Å². The number of likely N-dealkylation sites (tertiary alicyclic amines) is 2. The van der Waals surface area contributed by atoms with Crippen LogP contribution < -0.4 is 90.1 Å². The molecule has 0 radical (unpaired) electrons. The molecule has 2 aliphatic rings. The molecular weight excluding hydrogens is 628 g/mol. The maximum atomic E-state index is 12.3. The summed E-state index contributed by atoms with van der Waals surface area (Å²) < 4.78 is 24.3. The fourth-order valence-electron chi connectivity index (χ4n) is 4.79. The molecule has 12 nitrogen and oxygen atoms in total. The van der Waals surface area contributed by atoms with Gasteiger partial charge >= 0.3 is 75.0 Å². The van der Waals surface area contributed by atoms with Gasteiger partial charge in [0, 0.05) is 13.1 Å². The number of hydrogen-bond acceptors (Lipinski definition) is 8. The molecule has 224 valence electrons. The Morgan fingerprint density at radius 1 is 0.682 bits per heavy atom. The van der Waals surface area contributed by atoms with Gasteiger partial charge in [0.05, 0.1) is 24.0 Å². The zero-order chi connectivity index (χ0) is 30.8. The van der Waals surface area contributed by atoms with E-state index in [9.17, 15) is 38.5 Å². The first-order valence-corrected chi connectivity index (χ1v) is 16.1. The number of amides is 2. The molecule has 44 heavy (non-hydrogen) atoms. The van der Waals surface area contributed by atoms with Crippen molar-refractivity contribution in [3.05, 3.63) is 60.7 Å². The zero-order valence-corrected chi connectivity index (χ0v) is 31.2. The van der Waals surface area contributed by atoms with E-state index in [4.69, 9.17) is 0 Å². The van der Waals surface area contributed by atoms with E-state index in [1.54, 1.807) is 62.4 Å². The molecule has 2 fully saturated rings. The second-order valence-electron chi connectivity index (χ2n) is 9.98. The topological polar surface area (TPSA) is 179 Å². The van der Waals surface area contributed by atoms with Gasteiger partial charge in [-0.05, 0) is 72.9 Å². The summed E-state index contributed by atoms with van der Waals surface area (Å²) in [6, 6.07) is 14.4. The van der Waals surface area contributed by atoms with Crippen molar-refractivity contribution in [2.45, 2.75) is 63.7 Å². The van der Waals surface area contributed by atoms with E-state index in [1.165, 1.54) is 9.80 Å². The van der Waals surface area contributed by atoms with Gasteiger partial charge in [0.15, 0.2) is 0 Å². The van der Waals surface area contributed by atoms with Crippen LogP contribution in [0.5, 0.6) is 0 Å². The minimum Gasteiger partial charge on any atom is -0.548 e. The van der Waals surface area contributed by atoms with E-state index in [-0.39, 0.29) is 70.9 Å². The molecule has 2 aliphatic heterocycles. The van der Waals surface area contributed by atoms with Gasteiger partial charge in [0.1, 0.15) is 12.1 Å². The summed E-state index contributed by atoms with van der Waals surface area (Å²) in [5.74, 6) is -3.19. The van der Waals surface area contributed by atoms with Crippen molar-refractivity contribution in [1.82, 2.24) is 20.0 Å². The fraction of sp³-hybridized carbons (Fsp3) is 0.429. The Balaban J connectivity index is 0.000000421. The third-order valence-electron chi connectivity index (χ3n) is 6.96. The number of nitrogens with zero attached hydrogens (tertiary/aromatic N) is 2. The van der Waals surface area contributed by atoms with Crippen molar-refractivity contribution in [3.8, 4) is 0 Å². The summed E-state index contributed by atoms with van der Waals surface area (Å²) in [5, 5.41) is 28.7. The van der Waals surface area contributed by atoms with Crippen LogP contribution in [0, 0.1) is 0 Å². The monoisotopic (exact) mass is 662 g/mol. The van der Waals surface area contributed by atoms with Crippen LogP contribution >= 0.6 is 15.9 Å². The van der Waals surface area contributed by atoms with Gasteiger partial charge in [-0.1, -0.05) is 46.6 Å². The van der Waals surface area contributed by atoms with Crippen molar-refractivity contribution in [3.63, 3.8) is 0 Å². The average Bonchev–Trinajstić information content (AvgIpc) is 3.68. The molecule has 4 rings (SSSR count). The molecule has 2 N–H and O–H groups in total. The Bertz CT molecular complexity index is 1210. The van der Waals surface area contributed by atoms with E-state index in [1.807, 2.05) is 12.1 Å². The molecule has 2 heterocycles. The van der Waals surface area contributed by atoms with Crippen molar-refractivity contribution < 1.29 is 97.6 Å². The number of hydrogen-bond donors (Lipinski definition) is 2. The van der Waals surface area contributed by atoms with Gasteiger partial charge in [-0.25, -0.2) is 0 Å². The SMILES string of the molecule is C[C@H](N[P+](=O)c1ccccc1)C(=O)N1CCC[C@H]1C(=O)[O-].C[C@H](N[P+](=O)c1ccccc1)C(=O)N1CCC[C@H]1C(=O)[O-].[Na+].[Na+]. The Hall–Kier alpha value is -1.56. The third kappa shape index (κ3) is 11.4. The molecule has 0 bridgehead atoms. The van der Waals surface area contributed by atoms with Gasteiger partial charge in [-0.3, -0.25) is 9.59 Å². The minimum absolute atomic E-state index is 0. The van der Waals surface area contributed by atoms with E-state index < -0.39 is 52.0 Å². The number of nitrogens with one attached hydrogen (secondary N) is 2. The quantitative estimate of drug-likeness (QED) is 0.184. The molecule has 2 aromatic rings. The van der Waals surface area contributed by atoms with Crippen LogP contribution in [0.3, 0.4) is 0 Å². The standard InChI is InChI=1S/2C14H17N2O4P.2Na/c2*1-10(15-21(20)11-6-3-2-4-7-11)13(17)16-9-5-8-12(16)14(18)19;;/h2*2-4,6-7,10,12H,5,8-9H2,1H3,(H-,15,18,19,20);;/q;;2*+1/t2*10-,12-;;/m00../s1. The number of rotatable bonds is 10. The first kappa shape index (κ1) is 40.5. The van der Waals surface area contributed by atoms with Crippen LogP contribution in [-0.2, 0) is 28.3 Å². The number of carbonyl (C=O) groups excluding carboxylic acids is 4. The van der Waals surface area contributed by atoms with E-state index in [2.05, 4.69) is 10.2 Å². The molecule has 2 amide bonds. The normalized spacial score (nSPS) is 19.2. The van der Waals surface area contributed by atoms with Crippen LogP contribution in [0.1, 0.15) is 39.5 Å². The molecule has 0 aromatic heterocycles. The van der Waals surface area contributed by atoms with Gasteiger partial charge in [-0.2, -0.15) is 0 Å². The van der Waals surface area contributed by atoms with E-state index >= 15 is 0 Å². The van der Waals surface area contributed by atoms with Crippen molar-refractivity contribution in [1.29, 1.82) is 0 Å². The summed E-state index contributed by atoms with van der Waals surface area (Å²) in [4.78, 5) is 49.1. The summed E-state index contributed by atoms with van der Waals surface area (Å²) >= 11 is 0. The number of carbonyl (C=O) groups is 4. The van der Waals surface area contributed by atoms with Gasteiger partial charge in [0.2, 0.25) is 22.4 Å². The van der Waals surface area contributed by atoms with Crippen LogP contribution in [0.25, 0.3) is 0 Å². The Kier molecular flexibility index (Phi) is 18.2. The molecule has 16 heteroatoms. The molecule has 2 saturated heterocycles. The van der Waals surface area contributed by atoms with E-state index in [0.717, 1.165) is 0 Å². The summed E-state index contributed by atoms with van der Waals surface area (Å²) in [6.45, 7) is 3.96. The molecule has 0 spiro atoms. The van der Waals surface area contributed by atoms with Crippen molar-refractivity contribution in [2.24, 2.45) is 0 Å². The van der Waals surface area contributed by atoms with E-state index in [0.29, 0.717) is 49.4 Å². The molecule has 2 aromatic carbocycles. The van der Waals surface area contributed by atoms with Gasteiger partial charge < -0.3 is 29.6 Å². The largest absolute Gasteiger partial charge is 1.00 e. The number of aliphatic carboxylic acids is 2. The smallest absolute Gasteiger partial charge is 0.548 e. The average molecular weight is 663 g/mol. The first-order valence-electron chi connectivity index (χ1n) is 13.6. The minimum atomic E-state index is -1.90. The summed E-state index contributed by atoms with van der Waals surface area (Å²) in [6.07, 6.45) is 2.10. The molecule has 6 atom stereocenters. The molecule has 2 unspecified atom stereocenters. The summed E-state index contributed by atoms with van der Waals surface area (Å²) in [5.41, 5.74) is 0. The maximum absolute atomic E-state index is 12.3. The van der Waals surface area contributed by atoms with Crippen molar-refractivity contribution in [2.75, 3.05) is 13.1 Å². The van der Waals surface area contributed by atoms with Crippen LogP contribution in [0.4, 0.5) is 0 Å². The second-order valence-corrected chi connectivity index (χ2v) is 12.7. The van der Waals surface area contributed by atoms with Crippen LogP contribution in [-0.4, -0.2) is 70.8 Å². The summed E-state index contributed by atoms with van der Waals surface area (Å²) in [7, 11) is -3.80. The predicted octanol–water partition coefficient (Wildman–Crippen LogP) is -6.45. The number of carboxylic acid groups (broad SMARTS) is 2. The number of benzene rings is 2. The second kappa shape index (κ2) is 19.8. The fourth-order valence-corrected chi connectivity index (χ4v) is 6.89. The Labute approximate surface area is 303 Å². The Morgan fingerprint density at radius 2 is 1.00 bits per heavy atom. The van der Waals surface area contributed by atoms with Crippen LogP contribution in [0.15, 0.2) is 60.7 Å². The first-order chi connectivity index (χ1) is 20.0. The van der Waals surface area contributed by atoms with Gasteiger partial charge in [0.25, 0.3) is 0 Å². The Morgan fingerprint density at radius 3 is 1.30 bits per heavy atom. The molecule has 0 aliphatic carbocycles. The van der Waals surface area contributed by atoms with Gasteiger partial charge in [-0.15, -0.1) is 0 Å². The van der Waals surface area contributed by atoms with Crippen LogP contribution in [0.2, 0.25) is 0 Å². The molecular formula is C28H34N4Na2O8P2+2. The zero-order valence-electron chi connectivity index (χ0n) is 25.4. The predicted molar refractivity (Wildman–Crippen MR) is 152 cm³/mol. The number of carboxylic acids is 2. The third-order valence-corrected chi connectivity index (χ3v) is 9.74. The molecule has 0 saturated carbocycles.